The fourth-order valence-corrected chi connectivity index (χ4v) is 4.38. The number of carbonyl (C=O) groups excluding carboxylic acids is 1. The van der Waals surface area contributed by atoms with Crippen molar-refractivity contribution in [3.63, 3.8) is 0 Å². The van der Waals surface area contributed by atoms with Gasteiger partial charge in [-0.1, -0.05) is 18.2 Å². The molecule has 0 saturated carbocycles. The number of fused-ring (bicyclic) bond motifs is 2. The Morgan fingerprint density at radius 3 is 2.53 bits per heavy atom. The molecule has 36 heavy (non-hydrogen) atoms. The van der Waals surface area contributed by atoms with Gasteiger partial charge in [-0.05, 0) is 54.8 Å². The molecule has 0 aliphatic carbocycles. The second-order valence-corrected chi connectivity index (χ2v) is 8.85. The summed E-state index contributed by atoms with van der Waals surface area (Å²) >= 11 is 0. The maximum absolute atomic E-state index is 14.3. The molecule has 3 aromatic rings. The minimum absolute atomic E-state index is 0.197. The molecule has 0 bridgehead atoms. The predicted molar refractivity (Wildman–Crippen MR) is 135 cm³/mol. The standard InChI is InChI=1S/C28H28F3N3O2/c1-28(30,31)21-10-9-20(17-35)26(16-21)34-18-33(2)25-13-14-27(36-3)32-23(25)8-6-4-5-7-19-15-22(29)11-12-24(19)34/h4,6,9-17H,5,7-8,18H2,1-3H3/b6-4+. The van der Waals surface area contributed by atoms with E-state index in [0.717, 1.165) is 18.3 Å². The molecular weight excluding hydrogens is 467 g/mol. The van der Waals surface area contributed by atoms with Gasteiger partial charge in [-0.2, -0.15) is 0 Å². The molecule has 2 aromatic carbocycles. The van der Waals surface area contributed by atoms with Crippen molar-refractivity contribution in [2.75, 3.05) is 30.6 Å². The molecule has 0 saturated heterocycles. The van der Waals surface area contributed by atoms with Crippen LogP contribution in [0.25, 0.3) is 0 Å². The summed E-state index contributed by atoms with van der Waals surface area (Å²) < 4.78 is 48.2. The molecule has 0 fully saturated rings. The van der Waals surface area contributed by atoms with E-state index >= 15 is 0 Å². The number of anilines is 3. The number of aromatic nitrogens is 1. The van der Waals surface area contributed by atoms with Gasteiger partial charge in [-0.15, -0.1) is 0 Å². The molecule has 8 heteroatoms. The largest absolute Gasteiger partial charge is 0.481 e. The number of aryl methyl sites for hydroxylation is 1. The van der Waals surface area contributed by atoms with E-state index in [1.807, 2.05) is 30.2 Å². The number of aldehydes is 1. The Kier molecular flexibility index (Phi) is 7.33. The van der Waals surface area contributed by atoms with E-state index in [2.05, 4.69) is 4.98 Å². The Morgan fingerprint density at radius 1 is 1.03 bits per heavy atom. The van der Waals surface area contributed by atoms with Crippen LogP contribution >= 0.6 is 0 Å². The fraction of sp³-hybridized carbons (Fsp3) is 0.286. The highest BCUT2D eigenvalue weighted by molar-refractivity contribution is 5.88. The van der Waals surface area contributed by atoms with Crippen LogP contribution in [0.2, 0.25) is 0 Å². The van der Waals surface area contributed by atoms with E-state index in [1.54, 1.807) is 24.1 Å². The van der Waals surface area contributed by atoms with Crippen molar-refractivity contribution in [3.05, 3.63) is 88.9 Å². The fourth-order valence-electron chi connectivity index (χ4n) is 4.38. The molecule has 1 aliphatic rings. The lowest BCUT2D eigenvalue weighted by Crippen LogP contribution is -2.34. The number of carbonyl (C=O) groups is 1. The Labute approximate surface area is 208 Å². The number of ether oxygens (including phenoxy) is 1. The normalized spacial score (nSPS) is 15.3. The zero-order valence-corrected chi connectivity index (χ0v) is 20.5. The van der Waals surface area contributed by atoms with Crippen LogP contribution in [0.3, 0.4) is 0 Å². The number of nitrogens with zero attached hydrogens (tertiary/aromatic N) is 3. The summed E-state index contributed by atoms with van der Waals surface area (Å²) in [5.41, 5.74) is 3.32. The van der Waals surface area contributed by atoms with E-state index in [-0.39, 0.29) is 23.6 Å². The van der Waals surface area contributed by atoms with Crippen LogP contribution in [0.1, 0.15) is 40.5 Å². The zero-order chi connectivity index (χ0) is 25.9. The smallest absolute Gasteiger partial charge is 0.270 e. The second kappa shape index (κ2) is 10.4. The lowest BCUT2D eigenvalue weighted by Gasteiger charge is -2.34. The lowest BCUT2D eigenvalue weighted by molar-refractivity contribution is 0.0175. The Balaban J connectivity index is 1.92. The maximum atomic E-state index is 14.3. The second-order valence-electron chi connectivity index (χ2n) is 8.85. The molecular formula is C28H28F3N3O2. The van der Waals surface area contributed by atoms with Gasteiger partial charge < -0.3 is 14.5 Å². The van der Waals surface area contributed by atoms with Gasteiger partial charge in [0.15, 0.2) is 6.29 Å². The molecule has 0 unspecified atom stereocenters. The van der Waals surface area contributed by atoms with Crippen molar-refractivity contribution >= 4 is 23.3 Å². The maximum Gasteiger partial charge on any atom is 0.270 e. The Morgan fingerprint density at radius 2 is 1.81 bits per heavy atom. The van der Waals surface area contributed by atoms with Crippen molar-refractivity contribution < 1.29 is 22.7 Å². The van der Waals surface area contributed by atoms with E-state index in [4.69, 9.17) is 4.74 Å². The summed E-state index contributed by atoms with van der Waals surface area (Å²) in [5, 5.41) is 0. The SMILES string of the molecule is COc1ccc2c(n1)C/C=C/CCc1cc(F)ccc1N(c1cc(C(C)(F)F)ccc1C=O)CN2C. The number of rotatable bonds is 4. The number of hydrogen-bond donors (Lipinski definition) is 0. The predicted octanol–water partition coefficient (Wildman–Crippen LogP) is 6.43. The summed E-state index contributed by atoms with van der Waals surface area (Å²) in [5.74, 6) is -3.00. The van der Waals surface area contributed by atoms with Crippen molar-refractivity contribution in [1.82, 2.24) is 4.98 Å². The number of allylic oxidation sites excluding steroid dienone is 2. The van der Waals surface area contributed by atoms with Crippen molar-refractivity contribution in [2.45, 2.75) is 32.1 Å². The molecule has 188 valence electrons. The molecule has 0 spiro atoms. The average molecular weight is 496 g/mol. The van der Waals surface area contributed by atoms with Gasteiger partial charge >= 0.3 is 0 Å². The number of pyridine rings is 1. The average Bonchev–Trinajstić information content (AvgIpc) is 2.85. The third-order valence-electron chi connectivity index (χ3n) is 6.24. The van der Waals surface area contributed by atoms with E-state index in [1.165, 1.54) is 30.3 Å². The molecule has 1 aromatic heterocycles. The van der Waals surface area contributed by atoms with E-state index in [0.29, 0.717) is 48.4 Å². The van der Waals surface area contributed by atoms with Gasteiger partial charge in [0, 0.05) is 43.3 Å². The highest BCUT2D eigenvalue weighted by Crippen LogP contribution is 2.37. The molecule has 1 aliphatic heterocycles. The van der Waals surface area contributed by atoms with Crippen LogP contribution in [0, 0.1) is 5.82 Å². The highest BCUT2D eigenvalue weighted by atomic mass is 19.3. The van der Waals surface area contributed by atoms with Crippen LogP contribution in [-0.2, 0) is 18.8 Å². The monoisotopic (exact) mass is 495 g/mol. The Bertz CT molecular complexity index is 1290. The molecule has 2 heterocycles. The number of halogens is 3. The van der Waals surface area contributed by atoms with Gasteiger partial charge in [0.1, 0.15) is 5.82 Å². The first-order chi connectivity index (χ1) is 17.2. The van der Waals surface area contributed by atoms with Crippen LogP contribution < -0.4 is 14.5 Å². The quantitative estimate of drug-likeness (QED) is 0.308. The van der Waals surface area contributed by atoms with Crippen molar-refractivity contribution in [1.29, 1.82) is 0 Å². The highest BCUT2D eigenvalue weighted by Gasteiger charge is 2.28. The number of methoxy groups -OCH3 is 1. The molecule has 0 N–H and O–H groups in total. The van der Waals surface area contributed by atoms with Crippen molar-refractivity contribution in [3.8, 4) is 5.88 Å². The molecule has 0 radical (unpaired) electrons. The van der Waals surface area contributed by atoms with Gasteiger partial charge in [0.05, 0.1) is 30.8 Å². The molecule has 0 atom stereocenters. The van der Waals surface area contributed by atoms with Gasteiger partial charge in [-0.25, -0.2) is 18.2 Å². The van der Waals surface area contributed by atoms with Crippen molar-refractivity contribution in [2.24, 2.45) is 0 Å². The first kappa shape index (κ1) is 25.3. The third kappa shape index (κ3) is 5.37. The number of hydrogen-bond acceptors (Lipinski definition) is 5. The molecule has 4 rings (SSSR count). The lowest BCUT2D eigenvalue weighted by atomic mass is 10.0. The summed E-state index contributed by atoms with van der Waals surface area (Å²) in [4.78, 5) is 20.3. The summed E-state index contributed by atoms with van der Waals surface area (Å²) in [6, 6.07) is 12.1. The van der Waals surface area contributed by atoms with E-state index in [9.17, 15) is 18.0 Å². The van der Waals surface area contributed by atoms with Gasteiger partial charge in [0.2, 0.25) is 5.88 Å². The number of alkyl halides is 2. The van der Waals surface area contributed by atoms with Gasteiger partial charge in [-0.3, -0.25) is 4.79 Å². The van der Waals surface area contributed by atoms with Crippen LogP contribution in [0.5, 0.6) is 5.88 Å². The minimum atomic E-state index is -3.10. The Hall–Kier alpha value is -3.81. The van der Waals surface area contributed by atoms with Crippen LogP contribution in [0.4, 0.5) is 30.2 Å². The zero-order valence-electron chi connectivity index (χ0n) is 20.5. The van der Waals surface area contributed by atoms with Crippen LogP contribution in [-0.4, -0.2) is 32.1 Å². The summed E-state index contributed by atoms with van der Waals surface area (Å²) in [6.07, 6.45) is 6.42. The molecule has 5 nitrogen and oxygen atoms in total. The minimum Gasteiger partial charge on any atom is -0.481 e. The van der Waals surface area contributed by atoms with E-state index < -0.39 is 5.92 Å². The first-order valence-electron chi connectivity index (χ1n) is 11.6. The van der Waals surface area contributed by atoms with Gasteiger partial charge in [0.25, 0.3) is 5.92 Å². The summed E-state index contributed by atoms with van der Waals surface area (Å²) in [7, 11) is 3.41. The summed E-state index contributed by atoms with van der Waals surface area (Å²) in [6.45, 7) is 1.02. The first-order valence-corrected chi connectivity index (χ1v) is 11.6. The number of benzene rings is 2. The molecule has 0 amide bonds. The third-order valence-corrected chi connectivity index (χ3v) is 6.24. The van der Waals surface area contributed by atoms with Crippen LogP contribution in [0.15, 0.2) is 60.7 Å². The topological polar surface area (TPSA) is 45.7 Å².